The molecule has 1 saturated carbocycles. The second-order valence-corrected chi connectivity index (χ2v) is 6.15. The molecule has 1 saturated heterocycles. The van der Waals surface area contributed by atoms with E-state index in [1.165, 1.54) is 25.7 Å². The van der Waals surface area contributed by atoms with Gasteiger partial charge in [-0.3, -0.25) is 14.5 Å². The van der Waals surface area contributed by atoms with Gasteiger partial charge in [-0.15, -0.1) is 0 Å². The largest absolute Gasteiger partial charge is 0.375 e. The summed E-state index contributed by atoms with van der Waals surface area (Å²) in [5.74, 6) is -0.438. The normalized spacial score (nSPS) is 28.8. The van der Waals surface area contributed by atoms with Crippen LogP contribution in [-0.4, -0.2) is 54.6 Å². The summed E-state index contributed by atoms with van der Waals surface area (Å²) >= 11 is 0. The Hall–Kier alpha value is -1.14. The molecule has 1 aliphatic heterocycles. The molecule has 6 nitrogen and oxygen atoms in total. The van der Waals surface area contributed by atoms with Crippen LogP contribution in [0.1, 0.15) is 45.4 Å². The Morgan fingerprint density at radius 2 is 1.90 bits per heavy atom. The zero-order chi connectivity index (χ0) is 15.2. The van der Waals surface area contributed by atoms with Crippen molar-refractivity contribution >= 4 is 11.8 Å². The fourth-order valence-corrected chi connectivity index (χ4v) is 3.35. The molecule has 6 heteroatoms. The number of nitrogens with zero attached hydrogens (tertiary/aromatic N) is 1. The third-order valence-corrected chi connectivity index (χ3v) is 4.46. The maximum Gasteiger partial charge on any atom is 0.237 e. The Kier molecular flexibility index (Phi) is 5.99. The molecule has 2 atom stereocenters. The average molecular weight is 297 g/mol. The van der Waals surface area contributed by atoms with Gasteiger partial charge >= 0.3 is 0 Å². The van der Waals surface area contributed by atoms with E-state index >= 15 is 0 Å². The van der Waals surface area contributed by atoms with Crippen LogP contribution in [0.3, 0.4) is 0 Å². The number of amides is 2. The summed E-state index contributed by atoms with van der Waals surface area (Å²) in [5.41, 5.74) is 5.44. The van der Waals surface area contributed by atoms with Crippen LogP contribution in [0.15, 0.2) is 0 Å². The number of ether oxygens (including phenoxy) is 1. The lowest BCUT2D eigenvalue weighted by Crippen LogP contribution is -2.58. The third-order valence-electron chi connectivity index (χ3n) is 4.46. The van der Waals surface area contributed by atoms with E-state index in [1.54, 1.807) is 0 Å². The first-order chi connectivity index (χ1) is 10.1. The quantitative estimate of drug-likeness (QED) is 0.736. The molecule has 1 aliphatic carbocycles. The summed E-state index contributed by atoms with van der Waals surface area (Å²) in [7, 11) is 0. The molecule has 21 heavy (non-hydrogen) atoms. The first-order valence-corrected chi connectivity index (χ1v) is 8.02. The van der Waals surface area contributed by atoms with Crippen molar-refractivity contribution in [2.75, 3.05) is 19.7 Å². The number of morpholine rings is 1. The Morgan fingerprint density at radius 3 is 2.52 bits per heavy atom. The van der Waals surface area contributed by atoms with E-state index in [9.17, 15) is 9.59 Å². The number of rotatable bonds is 4. The third kappa shape index (κ3) is 4.68. The molecule has 2 amide bonds. The van der Waals surface area contributed by atoms with Gasteiger partial charge in [-0.2, -0.15) is 0 Å². The van der Waals surface area contributed by atoms with Gasteiger partial charge in [-0.1, -0.05) is 25.7 Å². The molecule has 0 bridgehead atoms. The highest BCUT2D eigenvalue weighted by Crippen LogP contribution is 2.17. The Balaban J connectivity index is 1.86. The molecule has 0 radical (unpaired) electrons. The van der Waals surface area contributed by atoms with E-state index in [1.807, 2.05) is 11.8 Å². The summed E-state index contributed by atoms with van der Waals surface area (Å²) in [6.07, 6.45) is 6.75. The number of carbonyl (C=O) groups excluding carboxylic acids is 2. The summed E-state index contributed by atoms with van der Waals surface area (Å²) in [6, 6.07) is -0.232. The van der Waals surface area contributed by atoms with Gasteiger partial charge in [0.15, 0.2) is 0 Å². The van der Waals surface area contributed by atoms with E-state index in [2.05, 4.69) is 5.32 Å². The van der Waals surface area contributed by atoms with Crippen LogP contribution in [0.2, 0.25) is 0 Å². The highest BCUT2D eigenvalue weighted by atomic mass is 16.5. The Bertz CT molecular complexity index is 367. The van der Waals surface area contributed by atoms with Crippen molar-refractivity contribution in [1.29, 1.82) is 0 Å². The second-order valence-electron chi connectivity index (χ2n) is 6.15. The molecule has 0 aromatic rings. The zero-order valence-corrected chi connectivity index (χ0v) is 12.8. The van der Waals surface area contributed by atoms with Crippen molar-refractivity contribution in [3.63, 3.8) is 0 Å². The average Bonchev–Trinajstić information content (AvgIpc) is 2.66. The van der Waals surface area contributed by atoms with Crippen molar-refractivity contribution in [1.82, 2.24) is 10.2 Å². The topological polar surface area (TPSA) is 84.7 Å². The highest BCUT2D eigenvalue weighted by molar-refractivity contribution is 5.83. The molecular weight excluding hydrogens is 270 g/mol. The molecule has 0 aromatic heterocycles. The fourth-order valence-electron chi connectivity index (χ4n) is 3.35. The molecule has 1 heterocycles. The van der Waals surface area contributed by atoms with Gasteiger partial charge < -0.3 is 15.8 Å². The van der Waals surface area contributed by atoms with Crippen LogP contribution >= 0.6 is 0 Å². The molecule has 0 aromatic carbocycles. The Morgan fingerprint density at radius 1 is 1.24 bits per heavy atom. The van der Waals surface area contributed by atoms with E-state index in [0.29, 0.717) is 13.2 Å². The van der Waals surface area contributed by atoms with Gasteiger partial charge in [0, 0.05) is 12.6 Å². The van der Waals surface area contributed by atoms with Gasteiger partial charge in [-0.05, 0) is 19.8 Å². The second kappa shape index (κ2) is 7.75. The zero-order valence-electron chi connectivity index (χ0n) is 12.8. The minimum atomic E-state index is -0.515. The smallest absolute Gasteiger partial charge is 0.237 e. The maximum absolute atomic E-state index is 12.2. The Labute approximate surface area is 126 Å². The molecule has 2 fully saturated rings. The fraction of sp³-hybridized carbons (Fsp3) is 0.867. The molecule has 0 spiro atoms. The lowest BCUT2D eigenvalue weighted by molar-refractivity contribution is -0.139. The van der Waals surface area contributed by atoms with Crippen molar-refractivity contribution in [2.45, 2.75) is 63.6 Å². The van der Waals surface area contributed by atoms with Gasteiger partial charge in [0.25, 0.3) is 0 Å². The molecule has 2 rings (SSSR count). The van der Waals surface area contributed by atoms with Crippen LogP contribution in [0.5, 0.6) is 0 Å². The van der Waals surface area contributed by atoms with E-state index in [-0.39, 0.29) is 24.6 Å². The number of nitrogens with one attached hydrogen (secondary N) is 1. The van der Waals surface area contributed by atoms with Crippen molar-refractivity contribution in [3.8, 4) is 0 Å². The van der Waals surface area contributed by atoms with E-state index in [4.69, 9.17) is 10.5 Å². The van der Waals surface area contributed by atoms with Crippen molar-refractivity contribution < 1.29 is 14.3 Å². The maximum atomic E-state index is 12.2. The molecular formula is C15H27N3O3. The van der Waals surface area contributed by atoms with Crippen molar-refractivity contribution in [3.05, 3.63) is 0 Å². The van der Waals surface area contributed by atoms with Gasteiger partial charge in [-0.25, -0.2) is 0 Å². The van der Waals surface area contributed by atoms with Crippen LogP contribution < -0.4 is 11.1 Å². The minimum absolute atomic E-state index is 0.0118. The summed E-state index contributed by atoms with van der Waals surface area (Å²) in [4.78, 5) is 25.6. The van der Waals surface area contributed by atoms with Crippen LogP contribution in [0.25, 0.3) is 0 Å². The van der Waals surface area contributed by atoms with E-state index < -0.39 is 11.9 Å². The monoisotopic (exact) mass is 297 g/mol. The van der Waals surface area contributed by atoms with E-state index in [0.717, 1.165) is 12.8 Å². The van der Waals surface area contributed by atoms with Crippen LogP contribution in [-0.2, 0) is 14.3 Å². The molecule has 3 N–H and O–H groups in total. The van der Waals surface area contributed by atoms with Gasteiger partial charge in [0.1, 0.15) is 6.04 Å². The SMILES string of the molecule is C[C@H]1OCCN(CC(=O)NC2CCCCCC2)[C@@H]1C(N)=O. The minimum Gasteiger partial charge on any atom is -0.375 e. The number of carbonyl (C=O) groups is 2. The molecule has 2 aliphatic rings. The highest BCUT2D eigenvalue weighted by Gasteiger charge is 2.34. The first-order valence-electron chi connectivity index (χ1n) is 8.02. The number of nitrogens with two attached hydrogens (primary N) is 1. The lowest BCUT2D eigenvalue weighted by atomic mass is 10.1. The summed E-state index contributed by atoms with van der Waals surface area (Å²) in [6.45, 7) is 3.14. The predicted octanol–water partition coefficient (Wildman–Crippen LogP) is 0.400. The number of primary amides is 1. The number of hydrogen-bond donors (Lipinski definition) is 2. The molecule has 0 unspecified atom stereocenters. The lowest BCUT2D eigenvalue weighted by Gasteiger charge is -2.37. The molecule has 120 valence electrons. The predicted molar refractivity (Wildman–Crippen MR) is 79.6 cm³/mol. The number of hydrogen-bond acceptors (Lipinski definition) is 4. The summed E-state index contributed by atoms with van der Waals surface area (Å²) < 4.78 is 5.46. The van der Waals surface area contributed by atoms with Gasteiger partial charge in [0.2, 0.25) is 11.8 Å². The van der Waals surface area contributed by atoms with Crippen LogP contribution in [0, 0.1) is 0 Å². The van der Waals surface area contributed by atoms with Crippen LogP contribution in [0.4, 0.5) is 0 Å². The van der Waals surface area contributed by atoms with Gasteiger partial charge in [0.05, 0.1) is 19.3 Å². The summed E-state index contributed by atoms with van der Waals surface area (Å²) in [5, 5.41) is 3.11. The standard InChI is InChI=1S/C15H27N3O3/c1-11-14(15(16)20)18(8-9-21-11)10-13(19)17-12-6-4-2-3-5-7-12/h11-12,14H,2-10H2,1H3,(H2,16,20)(H,17,19)/t11-,14+/m1/s1. The van der Waals surface area contributed by atoms with Crippen molar-refractivity contribution in [2.24, 2.45) is 5.73 Å². The first kappa shape index (κ1) is 16.2.